The number of hydrogen-bond acceptors (Lipinski definition) is 1. The topological polar surface area (TPSA) is 20.2 Å². The maximum atomic E-state index is 11.5. The molecular formula is C4H7BF3KO. The predicted molar refractivity (Wildman–Crippen MR) is 29.9 cm³/mol. The van der Waals surface area contributed by atoms with Crippen molar-refractivity contribution in [3.8, 4) is 0 Å². The van der Waals surface area contributed by atoms with Crippen LogP contribution in [0.25, 0.3) is 0 Å². The fourth-order valence-electron chi connectivity index (χ4n) is 0.307. The minimum Gasteiger partial charge on any atom is -0.445 e. The molecule has 0 saturated carbocycles. The smallest absolute Gasteiger partial charge is 0.445 e. The number of aliphatic hydroxyl groups is 1. The SMILES string of the molecule is C=C(CCO)[B-](F)(F)F.[K+]. The van der Waals surface area contributed by atoms with Crippen LogP contribution in [-0.2, 0) is 0 Å². The van der Waals surface area contributed by atoms with E-state index in [1.54, 1.807) is 0 Å². The monoisotopic (exact) mass is 178 g/mol. The third kappa shape index (κ3) is 5.94. The first-order valence-electron chi connectivity index (χ1n) is 2.47. The van der Waals surface area contributed by atoms with Gasteiger partial charge in [-0.05, 0) is 6.42 Å². The summed E-state index contributed by atoms with van der Waals surface area (Å²) >= 11 is 0. The molecule has 1 nitrogen and oxygen atoms in total. The third-order valence-electron chi connectivity index (χ3n) is 0.896. The van der Waals surface area contributed by atoms with E-state index in [1.807, 2.05) is 0 Å². The summed E-state index contributed by atoms with van der Waals surface area (Å²) in [4.78, 5) is 0. The maximum absolute atomic E-state index is 11.5. The molecule has 0 atom stereocenters. The van der Waals surface area contributed by atoms with E-state index in [4.69, 9.17) is 5.11 Å². The summed E-state index contributed by atoms with van der Waals surface area (Å²) in [6, 6.07) is 0. The van der Waals surface area contributed by atoms with Crippen molar-refractivity contribution < 1.29 is 69.4 Å². The Morgan fingerprint density at radius 2 is 1.80 bits per heavy atom. The van der Waals surface area contributed by atoms with Gasteiger partial charge in [-0.3, -0.25) is 0 Å². The van der Waals surface area contributed by atoms with E-state index in [9.17, 15) is 12.9 Å². The Bertz CT molecular complexity index is 114. The van der Waals surface area contributed by atoms with Crippen molar-refractivity contribution in [2.45, 2.75) is 6.42 Å². The normalized spacial score (nSPS) is 10.4. The average Bonchev–Trinajstić information content (AvgIpc) is 1.64. The van der Waals surface area contributed by atoms with Gasteiger partial charge in [-0.15, -0.1) is 12.1 Å². The standard InChI is InChI=1S/C4H7BF3O.K/c1-4(2-3-9)5(6,7)8;/h9H,1-3H2;/q-1;+1. The molecule has 0 saturated heterocycles. The van der Waals surface area contributed by atoms with Gasteiger partial charge in [0.25, 0.3) is 0 Å². The molecule has 1 N–H and O–H groups in total. The van der Waals surface area contributed by atoms with Crippen LogP contribution in [0, 0.1) is 0 Å². The second kappa shape index (κ2) is 5.79. The number of halogens is 3. The first kappa shape index (κ1) is 13.8. The molecule has 0 radical (unpaired) electrons. The third-order valence-corrected chi connectivity index (χ3v) is 0.896. The summed E-state index contributed by atoms with van der Waals surface area (Å²) in [7, 11) is 0. The fourth-order valence-corrected chi connectivity index (χ4v) is 0.307. The largest absolute Gasteiger partial charge is 1.00 e. The molecule has 0 spiro atoms. The first-order chi connectivity index (χ1) is 3.98. The molecule has 0 aliphatic heterocycles. The van der Waals surface area contributed by atoms with Gasteiger partial charge in [0.15, 0.2) is 0 Å². The minimum atomic E-state index is -4.93. The van der Waals surface area contributed by atoms with Gasteiger partial charge in [-0.1, -0.05) is 0 Å². The van der Waals surface area contributed by atoms with Crippen LogP contribution >= 0.6 is 0 Å². The molecule has 0 aliphatic rings. The van der Waals surface area contributed by atoms with Crippen molar-refractivity contribution in [2.75, 3.05) is 6.61 Å². The fraction of sp³-hybridized carbons (Fsp3) is 0.500. The summed E-state index contributed by atoms with van der Waals surface area (Å²) in [5, 5.41) is 8.05. The van der Waals surface area contributed by atoms with Crippen molar-refractivity contribution in [3.63, 3.8) is 0 Å². The van der Waals surface area contributed by atoms with Crippen LogP contribution in [0.15, 0.2) is 12.1 Å². The molecule has 0 unspecified atom stereocenters. The van der Waals surface area contributed by atoms with Gasteiger partial charge in [0.2, 0.25) is 0 Å². The summed E-state index contributed by atoms with van der Waals surface area (Å²) in [6.45, 7) is -2.65. The zero-order chi connectivity index (χ0) is 7.49. The van der Waals surface area contributed by atoms with E-state index in [-0.39, 0.29) is 57.8 Å². The summed E-state index contributed by atoms with van der Waals surface area (Å²) in [5.74, 6) is 0. The Balaban J connectivity index is 0. The Morgan fingerprint density at radius 3 is 1.90 bits per heavy atom. The molecule has 10 heavy (non-hydrogen) atoms. The summed E-state index contributed by atoms with van der Waals surface area (Å²) in [5.41, 5.74) is -0.822. The van der Waals surface area contributed by atoms with Gasteiger partial charge in [-0.25, -0.2) is 0 Å². The van der Waals surface area contributed by atoms with Crippen LogP contribution in [0.3, 0.4) is 0 Å². The molecule has 54 valence electrons. The molecule has 0 fully saturated rings. The molecule has 0 aromatic carbocycles. The van der Waals surface area contributed by atoms with Gasteiger partial charge >= 0.3 is 58.4 Å². The van der Waals surface area contributed by atoms with Crippen LogP contribution in [0.2, 0.25) is 0 Å². The van der Waals surface area contributed by atoms with Crippen molar-refractivity contribution in [3.05, 3.63) is 12.1 Å². The molecule has 0 aromatic heterocycles. The predicted octanol–water partition coefficient (Wildman–Crippen LogP) is -1.68. The molecule has 6 heteroatoms. The maximum Gasteiger partial charge on any atom is 1.00 e. The van der Waals surface area contributed by atoms with E-state index < -0.39 is 19.1 Å². The molecule has 0 aliphatic carbocycles. The number of rotatable bonds is 3. The van der Waals surface area contributed by atoms with Crippen molar-refractivity contribution >= 4 is 6.98 Å². The molecule has 0 amide bonds. The van der Waals surface area contributed by atoms with Gasteiger partial charge in [0.1, 0.15) is 0 Å². The van der Waals surface area contributed by atoms with Gasteiger partial charge in [0, 0.05) is 6.61 Å². The van der Waals surface area contributed by atoms with E-state index in [1.165, 1.54) is 0 Å². The molecular weight excluding hydrogens is 171 g/mol. The van der Waals surface area contributed by atoms with Gasteiger partial charge in [-0.2, -0.15) is 0 Å². The van der Waals surface area contributed by atoms with Crippen molar-refractivity contribution in [1.82, 2.24) is 0 Å². The van der Waals surface area contributed by atoms with Crippen LogP contribution in [0.5, 0.6) is 0 Å². The quantitative estimate of drug-likeness (QED) is 0.511. The molecule has 0 bridgehead atoms. The van der Waals surface area contributed by atoms with E-state index in [0.29, 0.717) is 0 Å². The van der Waals surface area contributed by atoms with E-state index >= 15 is 0 Å². The first-order valence-corrected chi connectivity index (χ1v) is 2.47. The number of aliphatic hydroxyl groups excluding tert-OH is 1. The summed E-state index contributed by atoms with van der Waals surface area (Å²) < 4.78 is 34.5. The van der Waals surface area contributed by atoms with Crippen LogP contribution in [0.4, 0.5) is 12.9 Å². The second-order valence-electron chi connectivity index (χ2n) is 1.71. The Kier molecular flexibility index (Phi) is 7.97. The van der Waals surface area contributed by atoms with Crippen molar-refractivity contribution in [2.24, 2.45) is 0 Å². The molecule has 0 rings (SSSR count). The second-order valence-corrected chi connectivity index (χ2v) is 1.71. The Hall–Kier alpha value is 1.19. The summed E-state index contributed by atoms with van der Waals surface area (Å²) in [6.07, 6.45) is -0.372. The Morgan fingerprint density at radius 1 is 1.40 bits per heavy atom. The average molecular weight is 178 g/mol. The van der Waals surface area contributed by atoms with Crippen LogP contribution < -0.4 is 51.4 Å². The number of hydrogen-bond donors (Lipinski definition) is 1. The van der Waals surface area contributed by atoms with Crippen molar-refractivity contribution in [1.29, 1.82) is 0 Å². The van der Waals surface area contributed by atoms with Gasteiger partial charge < -0.3 is 18.1 Å². The minimum absolute atomic E-state index is 0. The Labute approximate surface area is 100 Å². The van der Waals surface area contributed by atoms with Crippen LogP contribution in [-0.4, -0.2) is 18.7 Å². The van der Waals surface area contributed by atoms with E-state index in [0.717, 1.165) is 0 Å². The zero-order valence-electron chi connectivity index (χ0n) is 5.78. The zero-order valence-corrected chi connectivity index (χ0v) is 8.90. The van der Waals surface area contributed by atoms with E-state index in [2.05, 4.69) is 6.58 Å². The molecule has 0 aromatic rings. The van der Waals surface area contributed by atoms with Gasteiger partial charge in [0.05, 0.1) is 0 Å². The molecule has 0 heterocycles. The van der Waals surface area contributed by atoms with Crippen LogP contribution in [0.1, 0.15) is 6.42 Å².